The predicted molar refractivity (Wildman–Crippen MR) is 81.6 cm³/mol. The molecule has 2 atom stereocenters. The van der Waals surface area contributed by atoms with Crippen molar-refractivity contribution in [1.82, 2.24) is 10.6 Å². The van der Waals surface area contributed by atoms with Crippen LogP contribution < -0.4 is 10.6 Å². The molecule has 2 amide bonds. The molecule has 0 saturated carbocycles. The van der Waals surface area contributed by atoms with Gasteiger partial charge in [0.1, 0.15) is 0 Å². The van der Waals surface area contributed by atoms with Crippen LogP contribution in [-0.2, 0) is 16.0 Å². The zero-order chi connectivity index (χ0) is 15.7. The monoisotopic (exact) mass is 292 g/mol. The van der Waals surface area contributed by atoms with Gasteiger partial charge in [-0.3, -0.25) is 9.59 Å². The van der Waals surface area contributed by atoms with Gasteiger partial charge in [0.2, 0.25) is 0 Å². The number of aryl methyl sites for hydroxylation is 1. The Kier molecular flexibility index (Phi) is 7.46. The summed E-state index contributed by atoms with van der Waals surface area (Å²) in [5, 5.41) is 14.2. The van der Waals surface area contributed by atoms with E-state index in [0.29, 0.717) is 6.54 Å². The van der Waals surface area contributed by atoms with Crippen LogP contribution in [-0.4, -0.2) is 36.1 Å². The fourth-order valence-electron chi connectivity index (χ4n) is 1.79. The number of aliphatic hydroxyl groups is 1. The van der Waals surface area contributed by atoms with Crippen LogP contribution in [0.3, 0.4) is 0 Å². The van der Waals surface area contributed by atoms with Crippen LogP contribution in [0.1, 0.15) is 25.8 Å². The zero-order valence-electron chi connectivity index (χ0n) is 12.6. The molecule has 3 N–H and O–H groups in total. The molecule has 0 radical (unpaired) electrons. The molecule has 1 aromatic carbocycles. The van der Waals surface area contributed by atoms with Crippen molar-refractivity contribution >= 4 is 11.8 Å². The molecule has 0 bridgehead atoms. The van der Waals surface area contributed by atoms with Gasteiger partial charge in [-0.15, -0.1) is 0 Å². The van der Waals surface area contributed by atoms with E-state index in [4.69, 9.17) is 5.11 Å². The minimum atomic E-state index is -0.650. The Morgan fingerprint density at radius 3 is 2.43 bits per heavy atom. The van der Waals surface area contributed by atoms with Gasteiger partial charge in [-0.2, -0.15) is 0 Å². The van der Waals surface area contributed by atoms with Crippen LogP contribution in [0, 0.1) is 5.92 Å². The van der Waals surface area contributed by atoms with E-state index in [0.717, 1.165) is 12.8 Å². The van der Waals surface area contributed by atoms with E-state index in [-0.39, 0.29) is 18.6 Å². The van der Waals surface area contributed by atoms with Crippen molar-refractivity contribution in [3.05, 3.63) is 35.9 Å². The van der Waals surface area contributed by atoms with Crippen molar-refractivity contribution in [2.45, 2.75) is 32.7 Å². The lowest BCUT2D eigenvalue weighted by Crippen LogP contribution is -2.46. The second-order valence-electron chi connectivity index (χ2n) is 5.27. The van der Waals surface area contributed by atoms with E-state index in [1.54, 1.807) is 6.92 Å². The van der Waals surface area contributed by atoms with Crippen LogP contribution in [0.5, 0.6) is 0 Å². The van der Waals surface area contributed by atoms with Gasteiger partial charge in [-0.1, -0.05) is 37.3 Å². The van der Waals surface area contributed by atoms with Crippen molar-refractivity contribution in [3.63, 3.8) is 0 Å². The molecule has 0 aromatic heterocycles. The van der Waals surface area contributed by atoms with Crippen molar-refractivity contribution in [1.29, 1.82) is 0 Å². The molecule has 1 rings (SSSR count). The van der Waals surface area contributed by atoms with Crippen molar-refractivity contribution in [3.8, 4) is 0 Å². The zero-order valence-corrected chi connectivity index (χ0v) is 12.6. The first-order valence-corrected chi connectivity index (χ1v) is 7.28. The maximum atomic E-state index is 11.6. The Labute approximate surface area is 125 Å². The molecule has 21 heavy (non-hydrogen) atoms. The Balaban J connectivity index is 2.22. The number of carbonyl (C=O) groups is 2. The Hall–Kier alpha value is -1.88. The average Bonchev–Trinajstić information content (AvgIpc) is 2.51. The van der Waals surface area contributed by atoms with Gasteiger partial charge in [0.25, 0.3) is 0 Å². The van der Waals surface area contributed by atoms with E-state index in [1.165, 1.54) is 5.56 Å². The van der Waals surface area contributed by atoms with Gasteiger partial charge in [0.05, 0.1) is 0 Å². The molecule has 0 heterocycles. The van der Waals surface area contributed by atoms with Crippen LogP contribution in [0.25, 0.3) is 0 Å². The summed E-state index contributed by atoms with van der Waals surface area (Å²) in [6, 6.07) is 9.75. The van der Waals surface area contributed by atoms with Crippen LogP contribution in [0.4, 0.5) is 0 Å². The quantitative estimate of drug-likeness (QED) is 0.515. The van der Waals surface area contributed by atoms with Crippen molar-refractivity contribution in [2.75, 3.05) is 13.2 Å². The van der Waals surface area contributed by atoms with E-state index in [9.17, 15) is 9.59 Å². The molecule has 0 fully saturated rings. The molecule has 0 aliphatic carbocycles. The highest BCUT2D eigenvalue weighted by atomic mass is 16.3. The Bertz CT molecular complexity index is 448. The maximum Gasteiger partial charge on any atom is 0.309 e. The number of rotatable bonds is 7. The number of benzene rings is 1. The van der Waals surface area contributed by atoms with Gasteiger partial charge in [-0.25, -0.2) is 0 Å². The fraction of sp³-hybridized carbons (Fsp3) is 0.500. The summed E-state index contributed by atoms with van der Waals surface area (Å²) >= 11 is 0. The van der Waals surface area contributed by atoms with E-state index < -0.39 is 11.8 Å². The molecule has 0 saturated heterocycles. The van der Waals surface area contributed by atoms with Crippen molar-refractivity contribution in [2.24, 2.45) is 5.92 Å². The molecule has 2 unspecified atom stereocenters. The summed E-state index contributed by atoms with van der Waals surface area (Å²) in [5.74, 6) is -1.36. The molecule has 116 valence electrons. The third kappa shape index (κ3) is 6.40. The minimum Gasteiger partial charge on any atom is -0.396 e. The third-order valence-electron chi connectivity index (χ3n) is 3.48. The van der Waals surface area contributed by atoms with Gasteiger partial charge in [0, 0.05) is 19.2 Å². The fourth-order valence-corrected chi connectivity index (χ4v) is 1.79. The average molecular weight is 292 g/mol. The first-order chi connectivity index (χ1) is 10.0. The number of hydrogen-bond acceptors (Lipinski definition) is 3. The second kappa shape index (κ2) is 9.13. The van der Waals surface area contributed by atoms with Crippen molar-refractivity contribution < 1.29 is 14.7 Å². The van der Waals surface area contributed by atoms with E-state index >= 15 is 0 Å². The molecular weight excluding hydrogens is 268 g/mol. The lowest BCUT2D eigenvalue weighted by molar-refractivity contribution is -0.139. The number of hydrogen-bond donors (Lipinski definition) is 3. The summed E-state index contributed by atoms with van der Waals surface area (Å²) in [4.78, 5) is 23.2. The number of aliphatic hydroxyl groups excluding tert-OH is 1. The van der Waals surface area contributed by atoms with Crippen LogP contribution >= 0.6 is 0 Å². The van der Waals surface area contributed by atoms with E-state index in [1.807, 2.05) is 37.3 Å². The summed E-state index contributed by atoms with van der Waals surface area (Å²) in [6.07, 6.45) is 1.65. The van der Waals surface area contributed by atoms with Gasteiger partial charge < -0.3 is 15.7 Å². The largest absolute Gasteiger partial charge is 0.396 e. The Morgan fingerprint density at radius 2 is 1.81 bits per heavy atom. The van der Waals surface area contributed by atoms with Crippen LogP contribution in [0.2, 0.25) is 0 Å². The summed E-state index contributed by atoms with van der Waals surface area (Å²) in [5.41, 5.74) is 1.21. The molecule has 0 aliphatic heterocycles. The van der Waals surface area contributed by atoms with Gasteiger partial charge in [-0.05, 0) is 31.2 Å². The SMILES string of the molecule is CC(CO)C(C)NC(=O)C(=O)NCCCc1ccccc1. The smallest absolute Gasteiger partial charge is 0.309 e. The number of nitrogens with one attached hydrogen (secondary N) is 2. The standard InChI is InChI=1S/C16H24N2O3/c1-12(11-19)13(2)18-16(21)15(20)17-10-6-9-14-7-4-3-5-8-14/h3-5,7-8,12-13,19H,6,9-11H2,1-2H3,(H,17,20)(H,18,21). The first kappa shape index (κ1) is 17.2. The highest BCUT2D eigenvalue weighted by Crippen LogP contribution is 2.02. The molecule has 0 spiro atoms. The Morgan fingerprint density at radius 1 is 1.14 bits per heavy atom. The molecule has 5 heteroatoms. The summed E-state index contributed by atoms with van der Waals surface area (Å²) in [6.45, 7) is 4.01. The molecular formula is C16H24N2O3. The number of amides is 2. The maximum absolute atomic E-state index is 11.6. The highest BCUT2D eigenvalue weighted by Gasteiger charge is 2.18. The topological polar surface area (TPSA) is 78.4 Å². The molecule has 0 aliphatic rings. The second-order valence-corrected chi connectivity index (χ2v) is 5.27. The van der Waals surface area contributed by atoms with Gasteiger partial charge in [0.15, 0.2) is 0 Å². The van der Waals surface area contributed by atoms with Gasteiger partial charge >= 0.3 is 11.8 Å². The first-order valence-electron chi connectivity index (χ1n) is 7.28. The van der Waals surface area contributed by atoms with Crippen LogP contribution in [0.15, 0.2) is 30.3 Å². The third-order valence-corrected chi connectivity index (χ3v) is 3.48. The minimum absolute atomic E-state index is 0.0276. The summed E-state index contributed by atoms with van der Waals surface area (Å²) in [7, 11) is 0. The predicted octanol–water partition coefficient (Wildman–Crippen LogP) is 0.869. The lowest BCUT2D eigenvalue weighted by atomic mass is 10.1. The molecule has 5 nitrogen and oxygen atoms in total. The lowest BCUT2D eigenvalue weighted by Gasteiger charge is -2.18. The number of carbonyl (C=O) groups excluding carboxylic acids is 2. The highest BCUT2D eigenvalue weighted by molar-refractivity contribution is 6.35. The van der Waals surface area contributed by atoms with E-state index in [2.05, 4.69) is 10.6 Å². The normalized spacial score (nSPS) is 13.3. The molecule has 1 aromatic rings. The summed E-state index contributed by atoms with van der Waals surface area (Å²) < 4.78 is 0.